The van der Waals surface area contributed by atoms with E-state index in [1.807, 2.05) is 0 Å². The van der Waals surface area contributed by atoms with Gasteiger partial charge in [-0.2, -0.15) is 8.78 Å². The molecule has 0 spiro atoms. The maximum absolute atomic E-state index is 12.4. The summed E-state index contributed by atoms with van der Waals surface area (Å²) in [4.78, 5) is 14.0. The molecule has 1 aliphatic rings. The van der Waals surface area contributed by atoms with E-state index < -0.39 is 6.61 Å². The molecule has 0 radical (unpaired) electrons. The average Bonchev–Trinajstić information content (AvgIpc) is 2.46. The highest BCUT2D eigenvalue weighted by Crippen LogP contribution is 2.30. The van der Waals surface area contributed by atoms with Crippen LogP contribution in [0.15, 0.2) is 18.2 Å². The van der Waals surface area contributed by atoms with Crippen LogP contribution >= 0.6 is 0 Å². The Hall–Kier alpha value is -1.89. The van der Waals surface area contributed by atoms with Crippen LogP contribution in [-0.4, -0.2) is 43.7 Å². The van der Waals surface area contributed by atoms with Crippen molar-refractivity contribution in [2.24, 2.45) is 5.73 Å². The van der Waals surface area contributed by atoms with Gasteiger partial charge < -0.3 is 20.1 Å². The standard InChI is InChI=1S/C14H18F2N2O3/c1-20-11-3-2-9(8-12(11)21-14(15)16)13(19)18-6-4-10(17)5-7-18/h2-3,8,10,14H,4-7,17H2,1H3. The quantitative estimate of drug-likeness (QED) is 0.922. The van der Waals surface area contributed by atoms with E-state index in [9.17, 15) is 13.6 Å². The number of nitrogens with zero attached hydrogens (tertiary/aromatic N) is 1. The zero-order valence-corrected chi connectivity index (χ0v) is 11.7. The number of amides is 1. The lowest BCUT2D eigenvalue weighted by Crippen LogP contribution is -2.42. The molecule has 1 aliphatic heterocycles. The fourth-order valence-corrected chi connectivity index (χ4v) is 2.28. The van der Waals surface area contributed by atoms with Gasteiger partial charge in [0.2, 0.25) is 0 Å². The minimum absolute atomic E-state index is 0.114. The van der Waals surface area contributed by atoms with Gasteiger partial charge in [0, 0.05) is 24.7 Å². The van der Waals surface area contributed by atoms with Crippen LogP contribution in [0.2, 0.25) is 0 Å². The maximum atomic E-state index is 12.4. The number of hydrogen-bond donors (Lipinski definition) is 1. The van der Waals surface area contributed by atoms with E-state index in [1.54, 1.807) is 4.90 Å². The molecule has 0 bridgehead atoms. The number of methoxy groups -OCH3 is 1. The van der Waals surface area contributed by atoms with E-state index in [4.69, 9.17) is 10.5 Å². The van der Waals surface area contributed by atoms with Crippen molar-refractivity contribution in [3.8, 4) is 11.5 Å². The predicted molar refractivity (Wildman–Crippen MR) is 72.7 cm³/mol. The number of rotatable bonds is 4. The van der Waals surface area contributed by atoms with Crippen LogP contribution in [0.3, 0.4) is 0 Å². The highest BCUT2D eigenvalue weighted by atomic mass is 19.3. The Bertz CT molecular complexity index is 503. The number of carbonyl (C=O) groups is 1. The summed E-state index contributed by atoms with van der Waals surface area (Å²) in [6.45, 7) is -1.84. The van der Waals surface area contributed by atoms with E-state index >= 15 is 0 Å². The van der Waals surface area contributed by atoms with E-state index in [1.165, 1.54) is 25.3 Å². The number of carbonyl (C=O) groups excluding carboxylic acids is 1. The van der Waals surface area contributed by atoms with Gasteiger partial charge >= 0.3 is 6.61 Å². The minimum Gasteiger partial charge on any atom is -0.493 e. The normalized spacial score (nSPS) is 16.1. The first-order valence-corrected chi connectivity index (χ1v) is 6.69. The van der Waals surface area contributed by atoms with Gasteiger partial charge in [-0.25, -0.2) is 0 Å². The second-order valence-electron chi connectivity index (χ2n) is 4.87. The van der Waals surface area contributed by atoms with Crippen molar-refractivity contribution < 1.29 is 23.0 Å². The van der Waals surface area contributed by atoms with Crippen LogP contribution in [0.1, 0.15) is 23.2 Å². The minimum atomic E-state index is -2.97. The van der Waals surface area contributed by atoms with Crippen molar-refractivity contribution in [2.75, 3.05) is 20.2 Å². The van der Waals surface area contributed by atoms with Crippen LogP contribution in [0.4, 0.5) is 8.78 Å². The first-order valence-electron chi connectivity index (χ1n) is 6.69. The number of likely N-dealkylation sites (tertiary alicyclic amines) is 1. The molecule has 21 heavy (non-hydrogen) atoms. The second-order valence-corrected chi connectivity index (χ2v) is 4.87. The number of alkyl halides is 2. The predicted octanol–water partition coefficient (Wildman–Crippen LogP) is 1.86. The molecule has 1 aromatic rings. The molecule has 0 aliphatic carbocycles. The molecule has 7 heteroatoms. The van der Waals surface area contributed by atoms with Gasteiger partial charge in [0.05, 0.1) is 7.11 Å². The van der Waals surface area contributed by atoms with Crippen molar-refractivity contribution in [3.05, 3.63) is 23.8 Å². The van der Waals surface area contributed by atoms with Gasteiger partial charge in [0.25, 0.3) is 5.91 Å². The van der Waals surface area contributed by atoms with Gasteiger partial charge in [-0.15, -0.1) is 0 Å². The topological polar surface area (TPSA) is 64.8 Å². The largest absolute Gasteiger partial charge is 0.493 e. The molecule has 1 heterocycles. The van der Waals surface area contributed by atoms with Crippen LogP contribution in [-0.2, 0) is 0 Å². The van der Waals surface area contributed by atoms with Gasteiger partial charge in [-0.05, 0) is 31.0 Å². The van der Waals surface area contributed by atoms with Gasteiger partial charge in [0.1, 0.15) is 0 Å². The van der Waals surface area contributed by atoms with Crippen molar-refractivity contribution in [2.45, 2.75) is 25.5 Å². The summed E-state index contributed by atoms with van der Waals surface area (Å²) in [5.41, 5.74) is 6.09. The Morgan fingerprint density at radius 3 is 2.57 bits per heavy atom. The lowest BCUT2D eigenvalue weighted by atomic mass is 10.0. The molecular formula is C14H18F2N2O3. The Balaban J connectivity index is 2.17. The van der Waals surface area contributed by atoms with Crippen molar-refractivity contribution in [1.82, 2.24) is 4.90 Å². The molecule has 0 atom stereocenters. The molecule has 1 amide bonds. The number of benzene rings is 1. The summed E-state index contributed by atoms with van der Waals surface area (Å²) < 4.78 is 34.1. The summed E-state index contributed by atoms with van der Waals surface area (Å²) >= 11 is 0. The van der Waals surface area contributed by atoms with E-state index in [-0.39, 0.29) is 23.4 Å². The number of piperidine rings is 1. The van der Waals surface area contributed by atoms with E-state index in [0.29, 0.717) is 18.7 Å². The van der Waals surface area contributed by atoms with Crippen molar-refractivity contribution >= 4 is 5.91 Å². The summed E-state index contributed by atoms with van der Waals surface area (Å²) in [5.74, 6) is -0.205. The molecule has 5 nitrogen and oxygen atoms in total. The first kappa shape index (κ1) is 15.5. The van der Waals surface area contributed by atoms with Gasteiger partial charge in [0.15, 0.2) is 11.5 Å². The molecule has 1 saturated heterocycles. The molecule has 1 aromatic carbocycles. The summed E-state index contributed by atoms with van der Waals surface area (Å²) in [6.07, 6.45) is 1.48. The fraction of sp³-hybridized carbons (Fsp3) is 0.500. The maximum Gasteiger partial charge on any atom is 0.387 e. The van der Waals surface area contributed by atoms with Crippen molar-refractivity contribution in [3.63, 3.8) is 0 Å². The van der Waals surface area contributed by atoms with Crippen LogP contribution in [0.5, 0.6) is 11.5 Å². The molecule has 0 saturated carbocycles. The van der Waals surface area contributed by atoms with Crippen molar-refractivity contribution in [1.29, 1.82) is 0 Å². The third-order valence-electron chi connectivity index (χ3n) is 3.45. The zero-order chi connectivity index (χ0) is 15.4. The molecule has 0 unspecified atom stereocenters. The van der Waals surface area contributed by atoms with Crippen LogP contribution in [0, 0.1) is 0 Å². The molecule has 2 N–H and O–H groups in total. The number of hydrogen-bond acceptors (Lipinski definition) is 4. The van der Waals surface area contributed by atoms with Crippen LogP contribution in [0.25, 0.3) is 0 Å². The zero-order valence-electron chi connectivity index (χ0n) is 11.7. The average molecular weight is 300 g/mol. The highest BCUT2D eigenvalue weighted by molar-refractivity contribution is 5.95. The summed E-state index contributed by atoms with van der Waals surface area (Å²) in [5, 5.41) is 0. The van der Waals surface area contributed by atoms with Gasteiger partial charge in [-0.1, -0.05) is 0 Å². The number of halogens is 2. The van der Waals surface area contributed by atoms with E-state index in [2.05, 4.69) is 4.74 Å². The third-order valence-corrected chi connectivity index (χ3v) is 3.45. The second kappa shape index (κ2) is 6.71. The van der Waals surface area contributed by atoms with E-state index in [0.717, 1.165) is 12.8 Å². The SMILES string of the molecule is COc1ccc(C(=O)N2CCC(N)CC2)cc1OC(F)F. The summed E-state index contributed by atoms with van der Waals surface area (Å²) in [6, 6.07) is 4.37. The third kappa shape index (κ3) is 3.81. The molecule has 0 aromatic heterocycles. The lowest BCUT2D eigenvalue weighted by Gasteiger charge is -2.30. The number of nitrogens with two attached hydrogens (primary N) is 1. The Morgan fingerprint density at radius 1 is 1.33 bits per heavy atom. The molecular weight excluding hydrogens is 282 g/mol. The number of ether oxygens (including phenoxy) is 2. The first-order chi connectivity index (χ1) is 10.0. The van der Waals surface area contributed by atoms with Gasteiger partial charge in [-0.3, -0.25) is 4.79 Å². The lowest BCUT2D eigenvalue weighted by molar-refractivity contribution is -0.0512. The Morgan fingerprint density at radius 2 is 2.00 bits per heavy atom. The Kier molecular flexibility index (Phi) is 4.95. The molecule has 2 rings (SSSR count). The Labute approximate surface area is 121 Å². The smallest absolute Gasteiger partial charge is 0.387 e. The highest BCUT2D eigenvalue weighted by Gasteiger charge is 2.23. The summed E-state index contributed by atoms with van der Waals surface area (Å²) in [7, 11) is 1.35. The fourth-order valence-electron chi connectivity index (χ4n) is 2.28. The van der Waals surface area contributed by atoms with Crippen LogP contribution < -0.4 is 15.2 Å². The molecule has 116 valence electrons. The monoisotopic (exact) mass is 300 g/mol. The molecule has 1 fully saturated rings.